The molecule has 0 saturated heterocycles. The summed E-state index contributed by atoms with van der Waals surface area (Å²) in [6, 6.07) is 12.9. The van der Waals surface area contributed by atoms with E-state index in [1.165, 1.54) is 0 Å². The van der Waals surface area contributed by atoms with Gasteiger partial charge in [0.1, 0.15) is 18.1 Å². The number of carbonyl (C=O) groups is 1. The molecule has 0 spiro atoms. The van der Waals surface area contributed by atoms with E-state index in [-0.39, 0.29) is 5.56 Å². The van der Waals surface area contributed by atoms with Crippen LogP contribution in [0.1, 0.15) is 10.4 Å². The number of rotatable bonds is 1. The van der Waals surface area contributed by atoms with Crippen LogP contribution in [0.2, 0.25) is 0 Å². The first-order valence-corrected chi connectivity index (χ1v) is 5.59. The fraction of sp³-hybridized carbons (Fsp3) is 0.0714. The highest BCUT2D eigenvalue weighted by atomic mass is 16.4. The molecule has 0 aliphatic heterocycles. The van der Waals surface area contributed by atoms with Crippen LogP contribution >= 0.6 is 0 Å². The molecule has 0 amide bonds. The van der Waals surface area contributed by atoms with Crippen LogP contribution in [0.25, 0.3) is 22.1 Å². The van der Waals surface area contributed by atoms with E-state index >= 15 is 0 Å². The van der Waals surface area contributed by atoms with Crippen molar-refractivity contribution in [3.63, 3.8) is 0 Å². The summed E-state index contributed by atoms with van der Waals surface area (Å²) in [7, 11) is 1.91. The second-order valence-electron chi connectivity index (χ2n) is 4.14. The molecule has 0 aliphatic rings. The summed E-state index contributed by atoms with van der Waals surface area (Å²) in [6.45, 7) is 0. The molecule has 2 aromatic carbocycles. The van der Waals surface area contributed by atoms with Gasteiger partial charge in [-0.1, -0.05) is 18.2 Å². The molecule has 1 N–H and O–H groups in total. The summed E-state index contributed by atoms with van der Waals surface area (Å²) < 4.78 is 1.96. The number of hydrogen-bond donors (Lipinski definition) is 1. The number of aromatic carboxylic acids is 1. The maximum Gasteiger partial charge on any atom is 0.338 e. The van der Waals surface area contributed by atoms with E-state index in [2.05, 4.69) is 4.98 Å². The molecule has 0 fully saturated rings. The fourth-order valence-corrected chi connectivity index (χ4v) is 2.18. The minimum atomic E-state index is -0.955. The molecule has 4 heteroatoms. The Labute approximate surface area is 103 Å². The zero-order valence-corrected chi connectivity index (χ0v) is 9.79. The van der Waals surface area contributed by atoms with Gasteiger partial charge < -0.3 is 5.11 Å². The zero-order valence-electron chi connectivity index (χ0n) is 9.79. The molecular formula is C14H11N2O2+. The quantitative estimate of drug-likeness (QED) is 0.521. The van der Waals surface area contributed by atoms with E-state index in [4.69, 9.17) is 0 Å². The molecule has 0 atom stereocenters. The maximum atomic E-state index is 11.2. The van der Waals surface area contributed by atoms with Crippen LogP contribution in [0.15, 0.2) is 42.5 Å². The van der Waals surface area contributed by atoms with Crippen molar-refractivity contribution in [3.8, 4) is 0 Å². The third-order valence-electron chi connectivity index (χ3n) is 3.08. The highest BCUT2D eigenvalue weighted by Gasteiger charge is 2.17. The Kier molecular flexibility index (Phi) is 2.23. The first-order chi connectivity index (χ1) is 8.68. The third kappa shape index (κ3) is 1.43. The number of benzene rings is 2. The van der Waals surface area contributed by atoms with Gasteiger partial charge in [0.25, 0.3) is 0 Å². The van der Waals surface area contributed by atoms with Gasteiger partial charge in [-0.15, -0.1) is 0 Å². The lowest BCUT2D eigenvalue weighted by Crippen LogP contribution is -2.31. The lowest BCUT2D eigenvalue weighted by molar-refractivity contribution is -0.617. The highest BCUT2D eigenvalue weighted by Crippen LogP contribution is 2.17. The van der Waals surface area contributed by atoms with E-state index in [1.54, 1.807) is 12.1 Å². The summed E-state index contributed by atoms with van der Waals surface area (Å²) >= 11 is 0. The molecule has 4 nitrogen and oxygen atoms in total. The van der Waals surface area contributed by atoms with Gasteiger partial charge in [0.15, 0.2) is 0 Å². The van der Waals surface area contributed by atoms with Crippen molar-refractivity contribution >= 4 is 28.0 Å². The van der Waals surface area contributed by atoms with Crippen molar-refractivity contribution < 1.29 is 14.5 Å². The normalized spacial score (nSPS) is 10.9. The second-order valence-corrected chi connectivity index (χ2v) is 4.14. The summed E-state index contributed by atoms with van der Waals surface area (Å²) in [5.41, 5.74) is 3.34. The third-order valence-corrected chi connectivity index (χ3v) is 3.08. The minimum absolute atomic E-state index is 0.230. The second kappa shape index (κ2) is 3.77. The Hall–Kier alpha value is -2.49. The van der Waals surface area contributed by atoms with E-state index < -0.39 is 5.97 Å². The van der Waals surface area contributed by atoms with Gasteiger partial charge in [-0.05, 0) is 12.1 Å². The Morgan fingerprint density at radius 1 is 1.11 bits per heavy atom. The largest absolute Gasteiger partial charge is 0.478 e. The number of hydrogen-bond acceptors (Lipinski definition) is 2. The lowest BCUT2D eigenvalue weighted by Gasteiger charge is -2.03. The smallest absolute Gasteiger partial charge is 0.338 e. The molecule has 0 aliphatic carbocycles. The van der Waals surface area contributed by atoms with Crippen molar-refractivity contribution in [2.24, 2.45) is 7.05 Å². The minimum Gasteiger partial charge on any atom is -0.478 e. The molecule has 88 valence electrons. The molecule has 1 aromatic heterocycles. The SMILES string of the molecule is C[n+]1c2ccccc2nc2c(C(=O)O)cccc21. The molecule has 3 rings (SSSR count). The van der Waals surface area contributed by atoms with Crippen LogP contribution in [-0.4, -0.2) is 16.1 Å². The number of aromatic nitrogens is 2. The highest BCUT2D eigenvalue weighted by molar-refractivity contribution is 6.01. The molecular weight excluding hydrogens is 228 g/mol. The van der Waals surface area contributed by atoms with Crippen LogP contribution in [0.3, 0.4) is 0 Å². The van der Waals surface area contributed by atoms with Gasteiger partial charge >= 0.3 is 5.97 Å². The van der Waals surface area contributed by atoms with E-state index in [1.807, 2.05) is 41.9 Å². The lowest BCUT2D eigenvalue weighted by atomic mass is 10.1. The van der Waals surface area contributed by atoms with Crippen LogP contribution in [0, 0.1) is 0 Å². The summed E-state index contributed by atoms with van der Waals surface area (Å²) in [4.78, 5) is 15.7. The van der Waals surface area contributed by atoms with Crippen molar-refractivity contribution in [3.05, 3.63) is 48.0 Å². The Morgan fingerprint density at radius 2 is 1.83 bits per heavy atom. The Balaban J connectivity index is 2.55. The average Bonchev–Trinajstić information content (AvgIpc) is 2.38. The van der Waals surface area contributed by atoms with Gasteiger partial charge in [-0.2, -0.15) is 4.57 Å². The number of carboxylic acids is 1. The molecule has 3 aromatic rings. The first-order valence-electron chi connectivity index (χ1n) is 5.59. The average molecular weight is 239 g/mol. The van der Waals surface area contributed by atoms with Crippen molar-refractivity contribution in [1.29, 1.82) is 0 Å². The molecule has 0 radical (unpaired) electrons. The topological polar surface area (TPSA) is 54.1 Å². The van der Waals surface area contributed by atoms with Crippen LogP contribution in [0.5, 0.6) is 0 Å². The zero-order chi connectivity index (χ0) is 12.7. The number of aryl methyl sites for hydroxylation is 1. The van der Waals surface area contributed by atoms with Crippen LogP contribution in [0.4, 0.5) is 0 Å². The Bertz CT molecular complexity index is 781. The van der Waals surface area contributed by atoms with Gasteiger partial charge in [0.05, 0.1) is 5.56 Å². The summed E-state index contributed by atoms with van der Waals surface area (Å²) in [6.07, 6.45) is 0. The first kappa shape index (κ1) is 10.7. The number of fused-ring (bicyclic) bond motifs is 2. The molecule has 0 bridgehead atoms. The number of nitrogens with zero attached hydrogens (tertiary/aromatic N) is 2. The monoisotopic (exact) mass is 239 g/mol. The van der Waals surface area contributed by atoms with Gasteiger partial charge in [0.2, 0.25) is 11.0 Å². The molecule has 18 heavy (non-hydrogen) atoms. The van der Waals surface area contributed by atoms with E-state index in [0.29, 0.717) is 5.52 Å². The van der Waals surface area contributed by atoms with E-state index in [9.17, 15) is 9.90 Å². The van der Waals surface area contributed by atoms with Gasteiger partial charge in [-0.3, -0.25) is 0 Å². The van der Waals surface area contributed by atoms with Crippen LogP contribution in [-0.2, 0) is 7.05 Å². The fourth-order valence-electron chi connectivity index (χ4n) is 2.18. The predicted octanol–water partition coefficient (Wildman–Crippen LogP) is 1.91. The van der Waals surface area contributed by atoms with Crippen molar-refractivity contribution in [1.82, 2.24) is 4.98 Å². The van der Waals surface area contributed by atoms with Gasteiger partial charge in [-0.25, -0.2) is 9.78 Å². The molecule has 0 unspecified atom stereocenters. The number of para-hydroxylation sites is 3. The summed E-state index contributed by atoms with van der Waals surface area (Å²) in [5, 5.41) is 9.20. The van der Waals surface area contributed by atoms with Gasteiger partial charge in [0, 0.05) is 12.1 Å². The predicted molar refractivity (Wildman–Crippen MR) is 67.4 cm³/mol. The Morgan fingerprint density at radius 3 is 2.61 bits per heavy atom. The number of carboxylic acid groups (broad SMARTS) is 1. The van der Waals surface area contributed by atoms with E-state index in [0.717, 1.165) is 16.6 Å². The van der Waals surface area contributed by atoms with Crippen molar-refractivity contribution in [2.75, 3.05) is 0 Å². The standard InChI is InChI=1S/C14H10N2O2/c1-16-11-7-3-2-6-10(11)15-13-9(14(17)18)5-4-8-12(13)16/h2-8H,1H3/p+1. The molecule has 1 heterocycles. The molecule has 0 saturated carbocycles. The summed E-state index contributed by atoms with van der Waals surface area (Å²) in [5.74, 6) is -0.955. The van der Waals surface area contributed by atoms with Crippen molar-refractivity contribution in [2.45, 2.75) is 0 Å². The maximum absolute atomic E-state index is 11.2. The van der Waals surface area contributed by atoms with Crippen LogP contribution < -0.4 is 4.57 Å².